The summed E-state index contributed by atoms with van der Waals surface area (Å²) in [5.41, 5.74) is 6.68. The highest BCUT2D eigenvalue weighted by molar-refractivity contribution is 5.86. The summed E-state index contributed by atoms with van der Waals surface area (Å²) < 4.78 is 11.6. The lowest BCUT2D eigenvalue weighted by Gasteiger charge is -2.16. The molecule has 0 spiro atoms. The first-order chi connectivity index (χ1) is 16.2. The Morgan fingerprint density at radius 3 is 2.12 bits per heavy atom. The van der Waals surface area contributed by atoms with Crippen molar-refractivity contribution in [2.75, 3.05) is 7.11 Å². The van der Waals surface area contributed by atoms with E-state index in [1.807, 2.05) is 38.1 Å². The summed E-state index contributed by atoms with van der Waals surface area (Å²) in [6, 6.07) is 9.11. The Morgan fingerprint density at radius 2 is 1.50 bits per heavy atom. The van der Waals surface area contributed by atoms with Gasteiger partial charge >= 0.3 is 0 Å². The van der Waals surface area contributed by atoms with Crippen LogP contribution in [0.25, 0.3) is 22.3 Å². The van der Waals surface area contributed by atoms with Gasteiger partial charge in [-0.3, -0.25) is 0 Å². The highest BCUT2D eigenvalue weighted by atomic mass is 16.5. The monoisotopic (exact) mass is 460 g/mol. The van der Waals surface area contributed by atoms with E-state index in [-0.39, 0.29) is 11.5 Å². The Morgan fingerprint density at radius 1 is 0.853 bits per heavy atom. The van der Waals surface area contributed by atoms with E-state index in [1.165, 1.54) is 17.2 Å². The molecule has 1 aromatic heterocycles. The Kier molecular flexibility index (Phi) is 8.27. The van der Waals surface area contributed by atoms with Crippen LogP contribution in [0.15, 0.2) is 69.7 Å². The fourth-order valence-corrected chi connectivity index (χ4v) is 3.99. The first-order valence-corrected chi connectivity index (χ1v) is 11.8. The second kappa shape index (κ2) is 11.1. The average molecular weight is 461 g/mol. The molecule has 0 aliphatic carbocycles. The molecule has 4 nitrogen and oxygen atoms in total. The van der Waals surface area contributed by atoms with Crippen LogP contribution in [0.3, 0.4) is 0 Å². The molecule has 3 rings (SSSR count). The molecule has 0 saturated carbocycles. The summed E-state index contributed by atoms with van der Waals surface area (Å²) in [4.78, 5) is 0. The summed E-state index contributed by atoms with van der Waals surface area (Å²) in [5, 5.41) is 22.6. The minimum absolute atomic E-state index is 0.0658. The van der Waals surface area contributed by atoms with Crippen molar-refractivity contribution in [3.8, 4) is 28.6 Å². The standard InChI is InChI=1S/C30H36O4/c1-19(2)8-7-9-21(5)11-15-25-27(32)18-26(31)24(14-10-20(3)4)30(25)29-16-22-12-13-23(33-6)17-28(22)34-29/h8,10-13,16-18,31-32H,7,9,14-15H2,1-6H3/b21-11+. The first kappa shape index (κ1) is 25.2. The van der Waals surface area contributed by atoms with Gasteiger partial charge in [-0.2, -0.15) is 0 Å². The molecule has 0 bridgehead atoms. The largest absolute Gasteiger partial charge is 0.507 e. The molecular weight excluding hydrogens is 424 g/mol. The minimum atomic E-state index is 0.0658. The van der Waals surface area contributed by atoms with Crippen LogP contribution < -0.4 is 4.74 Å². The van der Waals surface area contributed by atoms with Crippen molar-refractivity contribution in [1.29, 1.82) is 0 Å². The molecule has 0 saturated heterocycles. The van der Waals surface area contributed by atoms with Gasteiger partial charge in [0.1, 0.15) is 28.6 Å². The Bertz CT molecular complexity index is 1250. The summed E-state index contributed by atoms with van der Waals surface area (Å²) in [7, 11) is 1.63. The predicted molar refractivity (Wildman–Crippen MR) is 141 cm³/mol. The van der Waals surface area contributed by atoms with Crippen molar-refractivity contribution in [2.45, 2.75) is 60.3 Å². The van der Waals surface area contributed by atoms with Gasteiger partial charge in [0.25, 0.3) is 0 Å². The zero-order valence-electron chi connectivity index (χ0n) is 21.2. The third kappa shape index (κ3) is 6.13. The Balaban J connectivity index is 2.12. The maximum atomic E-state index is 10.9. The molecule has 0 aliphatic heterocycles. The van der Waals surface area contributed by atoms with Crippen LogP contribution in [-0.2, 0) is 12.8 Å². The van der Waals surface area contributed by atoms with E-state index in [2.05, 4.69) is 39.0 Å². The molecule has 4 heteroatoms. The fraction of sp³-hybridized carbons (Fsp3) is 0.333. The van der Waals surface area contributed by atoms with Gasteiger partial charge in [-0.25, -0.2) is 0 Å². The quantitative estimate of drug-likeness (QED) is 0.315. The number of fused-ring (bicyclic) bond motifs is 1. The number of furan rings is 1. The van der Waals surface area contributed by atoms with E-state index in [4.69, 9.17) is 9.15 Å². The molecule has 0 aliphatic rings. The van der Waals surface area contributed by atoms with E-state index in [0.717, 1.165) is 40.5 Å². The number of phenols is 2. The molecule has 34 heavy (non-hydrogen) atoms. The highest BCUT2D eigenvalue weighted by Crippen LogP contribution is 2.42. The molecule has 0 fully saturated rings. The second-order valence-corrected chi connectivity index (χ2v) is 9.32. The summed E-state index contributed by atoms with van der Waals surface area (Å²) in [5.74, 6) is 1.47. The molecule has 3 aromatic rings. The number of benzene rings is 2. The Labute approximate surface area is 202 Å². The number of phenolic OH excluding ortho intramolecular Hbond substituents is 2. The number of aromatic hydroxyl groups is 2. The van der Waals surface area contributed by atoms with E-state index in [1.54, 1.807) is 7.11 Å². The van der Waals surface area contributed by atoms with Crippen LogP contribution >= 0.6 is 0 Å². The number of hydrogen-bond acceptors (Lipinski definition) is 4. The molecule has 0 unspecified atom stereocenters. The number of methoxy groups -OCH3 is 1. The predicted octanol–water partition coefficient (Wildman–Crippen LogP) is 8.26. The maximum Gasteiger partial charge on any atom is 0.138 e. The van der Waals surface area contributed by atoms with Gasteiger partial charge in [0, 0.05) is 34.2 Å². The lowest BCUT2D eigenvalue weighted by molar-refractivity contribution is 0.414. The number of hydrogen-bond donors (Lipinski definition) is 2. The molecule has 0 amide bonds. The average Bonchev–Trinajstić information content (AvgIpc) is 3.19. The van der Waals surface area contributed by atoms with Gasteiger partial charge in [-0.05, 0) is 78.5 Å². The SMILES string of the molecule is COc1ccc2cc(-c3c(CC=C(C)C)c(O)cc(O)c3C/C=C(\C)CCC=C(C)C)oc2c1. The molecule has 0 atom stereocenters. The fourth-order valence-electron chi connectivity index (χ4n) is 3.99. The van der Waals surface area contributed by atoms with Gasteiger partial charge in [-0.1, -0.05) is 34.9 Å². The van der Waals surface area contributed by atoms with E-state index >= 15 is 0 Å². The lowest BCUT2D eigenvalue weighted by atomic mass is 9.91. The van der Waals surface area contributed by atoms with Crippen molar-refractivity contribution >= 4 is 11.0 Å². The van der Waals surface area contributed by atoms with Crippen molar-refractivity contribution < 1.29 is 19.4 Å². The van der Waals surface area contributed by atoms with Crippen LogP contribution in [0.1, 0.15) is 58.6 Å². The van der Waals surface area contributed by atoms with Crippen LogP contribution in [0.5, 0.6) is 17.2 Å². The minimum Gasteiger partial charge on any atom is -0.507 e. The first-order valence-electron chi connectivity index (χ1n) is 11.8. The van der Waals surface area contributed by atoms with Crippen LogP contribution in [0.4, 0.5) is 0 Å². The van der Waals surface area contributed by atoms with Crippen molar-refractivity contribution in [3.63, 3.8) is 0 Å². The third-order valence-electron chi connectivity index (χ3n) is 5.93. The van der Waals surface area contributed by atoms with Crippen LogP contribution in [0, 0.1) is 0 Å². The molecular formula is C30H36O4. The summed E-state index contributed by atoms with van der Waals surface area (Å²) >= 11 is 0. The van der Waals surface area contributed by atoms with Crippen molar-refractivity contribution in [1.82, 2.24) is 0 Å². The molecule has 0 radical (unpaired) electrons. The summed E-state index contributed by atoms with van der Waals surface area (Å²) in [6.07, 6.45) is 9.52. The van der Waals surface area contributed by atoms with Crippen molar-refractivity contribution in [2.24, 2.45) is 0 Å². The third-order valence-corrected chi connectivity index (χ3v) is 5.93. The smallest absolute Gasteiger partial charge is 0.138 e. The topological polar surface area (TPSA) is 62.8 Å². The Hall–Kier alpha value is -3.40. The van der Waals surface area contributed by atoms with Gasteiger partial charge < -0.3 is 19.4 Å². The molecule has 1 heterocycles. The lowest BCUT2D eigenvalue weighted by Crippen LogP contribution is -1.97. The number of ether oxygens (including phenoxy) is 1. The van der Waals surface area contributed by atoms with Crippen molar-refractivity contribution in [3.05, 3.63) is 76.4 Å². The molecule has 2 N–H and O–H groups in total. The van der Waals surface area contributed by atoms with E-state index in [0.29, 0.717) is 29.9 Å². The van der Waals surface area contributed by atoms with Gasteiger partial charge in [0.2, 0.25) is 0 Å². The maximum absolute atomic E-state index is 10.9. The van der Waals surface area contributed by atoms with Crippen LogP contribution in [-0.4, -0.2) is 17.3 Å². The highest BCUT2D eigenvalue weighted by Gasteiger charge is 2.21. The van der Waals surface area contributed by atoms with Gasteiger partial charge in [-0.15, -0.1) is 0 Å². The van der Waals surface area contributed by atoms with Crippen LogP contribution in [0.2, 0.25) is 0 Å². The number of allylic oxidation sites excluding steroid dienone is 6. The zero-order chi connectivity index (χ0) is 24.8. The summed E-state index contributed by atoms with van der Waals surface area (Å²) in [6.45, 7) is 10.4. The zero-order valence-corrected chi connectivity index (χ0v) is 21.2. The number of rotatable bonds is 9. The van der Waals surface area contributed by atoms with Gasteiger partial charge in [0.05, 0.1) is 7.11 Å². The van der Waals surface area contributed by atoms with E-state index in [9.17, 15) is 10.2 Å². The molecule has 180 valence electrons. The molecule has 2 aromatic carbocycles. The van der Waals surface area contributed by atoms with E-state index < -0.39 is 0 Å². The normalized spacial score (nSPS) is 11.5. The van der Waals surface area contributed by atoms with Gasteiger partial charge in [0.15, 0.2) is 0 Å². The second-order valence-electron chi connectivity index (χ2n) is 9.32.